The van der Waals surface area contributed by atoms with E-state index in [0.29, 0.717) is 28.3 Å². The van der Waals surface area contributed by atoms with Crippen molar-refractivity contribution in [2.75, 3.05) is 6.61 Å². The van der Waals surface area contributed by atoms with E-state index in [9.17, 15) is 22.8 Å². The minimum Gasteiger partial charge on any atom is -0.376 e. The summed E-state index contributed by atoms with van der Waals surface area (Å²) in [7, 11) is 0. The molecule has 11 heteroatoms. The largest absolute Gasteiger partial charge is 0.406 e. The molecule has 0 spiro atoms. The first kappa shape index (κ1) is 22.5. The molecule has 1 aliphatic rings. The molecule has 166 valence electrons. The van der Waals surface area contributed by atoms with E-state index in [-0.39, 0.29) is 28.1 Å². The van der Waals surface area contributed by atoms with Gasteiger partial charge in [0.25, 0.3) is 5.56 Å². The zero-order valence-electron chi connectivity index (χ0n) is 17.3. The Morgan fingerprint density at radius 1 is 1.27 bits per heavy atom. The number of thiophene rings is 1. The van der Waals surface area contributed by atoms with E-state index < -0.39 is 24.0 Å². The summed E-state index contributed by atoms with van der Waals surface area (Å²) in [4.78, 5) is 26.7. The molecule has 0 aromatic carbocycles. The maximum Gasteiger partial charge on any atom is 0.406 e. The second-order valence-electron chi connectivity index (χ2n) is 8.43. The Balaban J connectivity index is 2.18. The number of rotatable bonds is 5. The lowest BCUT2D eigenvalue weighted by atomic mass is 10.1. The van der Waals surface area contributed by atoms with Crippen molar-refractivity contribution in [3.8, 4) is 0 Å². The molecule has 7 nitrogen and oxygen atoms in total. The quantitative estimate of drug-likeness (QED) is 0.566. The van der Waals surface area contributed by atoms with Crippen molar-refractivity contribution >= 4 is 27.8 Å². The fourth-order valence-electron chi connectivity index (χ4n) is 3.29. The second kappa shape index (κ2) is 8.18. The number of halogens is 3. The fraction of sp³-hybridized carbons (Fsp3) is 0.632. The molecular weight excluding hydrogens is 421 g/mol. The molecule has 0 amide bonds. The zero-order valence-corrected chi connectivity index (χ0v) is 18.1. The van der Waals surface area contributed by atoms with E-state index in [4.69, 9.17) is 4.74 Å². The highest BCUT2D eigenvalue weighted by Gasteiger charge is 2.32. The highest BCUT2D eigenvalue weighted by Crippen LogP contribution is 2.28. The monoisotopic (exact) mass is 446 g/mol. The third-order valence-corrected chi connectivity index (χ3v) is 5.91. The van der Waals surface area contributed by atoms with Gasteiger partial charge in [-0.05, 0) is 46.1 Å². The molecule has 0 radical (unpaired) electrons. The van der Waals surface area contributed by atoms with Crippen LogP contribution in [0.4, 0.5) is 13.2 Å². The lowest BCUT2D eigenvalue weighted by Gasteiger charge is -2.16. The number of hydrogen-bond acceptors (Lipinski definition) is 6. The summed E-state index contributed by atoms with van der Waals surface area (Å²) in [6.45, 7) is 6.45. The Hall–Kier alpha value is -2.14. The summed E-state index contributed by atoms with van der Waals surface area (Å²) in [5, 5.41) is 4.28. The van der Waals surface area contributed by atoms with Crippen molar-refractivity contribution in [2.45, 2.75) is 71.4 Å². The third kappa shape index (κ3) is 4.94. The number of aryl methyl sites for hydroxylation is 1. The van der Waals surface area contributed by atoms with Gasteiger partial charge in [-0.2, -0.15) is 18.3 Å². The van der Waals surface area contributed by atoms with Gasteiger partial charge in [0.05, 0.1) is 29.1 Å². The van der Waals surface area contributed by atoms with Crippen LogP contribution in [0.15, 0.2) is 14.7 Å². The number of hydrogen-bond donors (Lipinski definition) is 1. The second-order valence-corrected chi connectivity index (χ2v) is 9.46. The molecule has 2 aromatic heterocycles. The van der Waals surface area contributed by atoms with Gasteiger partial charge >= 0.3 is 11.9 Å². The molecule has 1 saturated heterocycles. The van der Waals surface area contributed by atoms with Gasteiger partial charge in [-0.3, -0.25) is 13.9 Å². The topological polar surface area (TPSA) is 77.6 Å². The molecule has 0 aliphatic carbocycles. The van der Waals surface area contributed by atoms with E-state index >= 15 is 0 Å². The van der Waals surface area contributed by atoms with Crippen molar-refractivity contribution < 1.29 is 17.9 Å². The van der Waals surface area contributed by atoms with Crippen molar-refractivity contribution in [2.24, 2.45) is 5.10 Å². The molecule has 1 fully saturated rings. The van der Waals surface area contributed by atoms with E-state index in [1.165, 1.54) is 10.8 Å². The van der Waals surface area contributed by atoms with Crippen LogP contribution in [-0.4, -0.2) is 39.8 Å². The SMILES string of the molecule is Cc1c(C=NNC(C)(C)C)sc2c1c(=O)n(CC(F)(F)F)c(=O)n2CC1CCCO1. The molecule has 3 rings (SSSR count). The Labute approximate surface area is 175 Å². The Morgan fingerprint density at radius 3 is 2.53 bits per heavy atom. The number of hydrazone groups is 1. The summed E-state index contributed by atoms with van der Waals surface area (Å²) >= 11 is 1.16. The fourth-order valence-corrected chi connectivity index (χ4v) is 4.47. The van der Waals surface area contributed by atoms with Crippen molar-refractivity contribution in [3.63, 3.8) is 0 Å². The summed E-state index contributed by atoms with van der Waals surface area (Å²) in [6, 6.07) is 0. The van der Waals surface area contributed by atoms with E-state index in [2.05, 4.69) is 10.5 Å². The highest BCUT2D eigenvalue weighted by molar-refractivity contribution is 7.20. The predicted molar refractivity (Wildman–Crippen MR) is 111 cm³/mol. The summed E-state index contributed by atoms with van der Waals surface area (Å²) in [6.07, 6.45) is -1.90. The van der Waals surface area contributed by atoms with Gasteiger partial charge in [-0.25, -0.2) is 4.79 Å². The molecule has 0 saturated carbocycles. The molecule has 2 aromatic rings. The number of fused-ring (bicyclic) bond motifs is 1. The molecule has 1 unspecified atom stereocenters. The van der Waals surface area contributed by atoms with Crippen LogP contribution >= 0.6 is 11.3 Å². The highest BCUT2D eigenvalue weighted by atomic mass is 32.1. The van der Waals surface area contributed by atoms with Gasteiger partial charge in [-0.1, -0.05) is 0 Å². The lowest BCUT2D eigenvalue weighted by molar-refractivity contribution is -0.141. The van der Waals surface area contributed by atoms with Gasteiger partial charge in [-0.15, -0.1) is 11.3 Å². The van der Waals surface area contributed by atoms with Crippen LogP contribution in [0.1, 0.15) is 44.1 Å². The number of alkyl halides is 3. The number of aromatic nitrogens is 2. The lowest BCUT2D eigenvalue weighted by Crippen LogP contribution is -2.44. The van der Waals surface area contributed by atoms with Gasteiger partial charge < -0.3 is 10.2 Å². The van der Waals surface area contributed by atoms with E-state index in [0.717, 1.165) is 17.8 Å². The van der Waals surface area contributed by atoms with Crippen LogP contribution in [-0.2, 0) is 17.8 Å². The molecule has 1 N–H and O–H groups in total. The standard InChI is InChI=1S/C19H25F3N4O3S/c1-11-13(8-23-24-18(2,3)4)30-16-14(11)15(27)26(10-19(20,21)22)17(28)25(16)9-12-6-5-7-29-12/h8,12,24H,5-7,9-10H2,1-4H3. The van der Waals surface area contributed by atoms with E-state index in [1.807, 2.05) is 20.8 Å². The molecule has 3 heterocycles. The van der Waals surface area contributed by atoms with Crippen LogP contribution in [0.2, 0.25) is 0 Å². The zero-order chi connectivity index (χ0) is 22.3. The van der Waals surface area contributed by atoms with E-state index in [1.54, 1.807) is 6.92 Å². The molecule has 0 bridgehead atoms. The van der Waals surface area contributed by atoms with Crippen LogP contribution in [0.25, 0.3) is 10.2 Å². The number of nitrogens with zero attached hydrogens (tertiary/aromatic N) is 3. The average Bonchev–Trinajstić information content (AvgIpc) is 3.22. The summed E-state index contributed by atoms with van der Waals surface area (Å²) < 4.78 is 46.3. The predicted octanol–water partition coefficient (Wildman–Crippen LogP) is 3.00. The van der Waals surface area contributed by atoms with Crippen LogP contribution in [0, 0.1) is 6.92 Å². The van der Waals surface area contributed by atoms with Crippen molar-refractivity contribution in [1.82, 2.24) is 14.6 Å². The third-order valence-electron chi connectivity index (χ3n) is 4.66. The number of nitrogens with one attached hydrogen (secondary N) is 1. The Morgan fingerprint density at radius 2 is 1.97 bits per heavy atom. The maximum absolute atomic E-state index is 13.1. The van der Waals surface area contributed by atoms with Gasteiger partial charge in [0.15, 0.2) is 0 Å². The minimum atomic E-state index is -4.69. The summed E-state index contributed by atoms with van der Waals surface area (Å²) in [5.74, 6) is 0. The smallest absolute Gasteiger partial charge is 0.376 e. The minimum absolute atomic E-state index is 0.101. The maximum atomic E-state index is 13.1. The van der Waals surface area contributed by atoms with Gasteiger partial charge in [0.2, 0.25) is 0 Å². The Kier molecular flexibility index (Phi) is 6.15. The van der Waals surface area contributed by atoms with Gasteiger partial charge in [0, 0.05) is 12.1 Å². The van der Waals surface area contributed by atoms with Crippen LogP contribution in [0.5, 0.6) is 0 Å². The number of ether oxygens (including phenoxy) is 1. The van der Waals surface area contributed by atoms with Gasteiger partial charge in [0.1, 0.15) is 11.4 Å². The normalized spacial score (nSPS) is 18.0. The molecule has 1 aliphatic heterocycles. The first-order valence-corrected chi connectivity index (χ1v) is 10.4. The van der Waals surface area contributed by atoms with Crippen LogP contribution in [0.3, 0.4) is 0 Å². The van der Waals surface area contributed by atoms with Crippen molar-refractivity contribution in [3.05, 3.63) is 31.3 Å². The molecule has 1 atom stereocenters. The summed E-state index contributed by atoms with van der Waals surface area (Å²) in [5.41, 5.74) is 1.25. The average molecular weight is 446 g/mol. The first-order valence-electron chi connectivity index (χ1n) is 9.63. The van der Waals surface area contributed by atoms with Crippen LogP contribution < -0.4 is 16.7 Å². The Bertz CT molecular complexity index is 1070. The molecular formula is C19H25F3N4O3S. The molecule has 30 heavy (non-hydrogen) atoms. The van der Waals surface area contributed by atoms with Crippen molar-refractivity contribution in [1.29, 1.82) is 0 Å². The first-order chi connectivity index (χ1) is 13.9.